The number of rotatable bonds is 6. The minimum Gasteiger partial charge on any atom is -0.379 e. The van der Waals surface area contributed by atoms with Gasteiger partial charge in [-0.3, -0.25) is 0 Å². The van der Waals surface area contributed by atoms with Crippen LogP contribution >= 0.6 is 0 Å². The number of nitrogens with two attached hydrogens (primary N) is 1. The van der Waals surface area contributed by atoms with Crippen LogP contribution in [0.1, 0.15) is 26.1 Å². The van der Waals surface area contributed by atoms with Crippen molar-refractivity contribution in [3.05, 3.63) is 35.9 Å². The van der Waals surface area contributed by atoms with Gasteiger partial charge in [0, 0.05) is 6.61 Å². The topological polar surface area (TPSA) is 74.2 Å². The fraction of sp³-hybridized carbons (Fsp3) is 0.429. The third-order valence-electron chi connectivity index (χ3n) is 2.79. The van der Waals surface area contributed by atoms with E-state index in [2.05, 4.69) is 10.1 Å². The van der Waals surface area contributed by atoms with E-state index in [0.29, 0.717) is 12.4 Å². The Hall–Kier alpha value is -1.79. The summed E-state index contributed by atoms with van der Waals surface area (Å²) in [5, 5.41) is 3.83. The van der Waals surface area contributed by atoms with Crippen molar-refractivity contribution in [2.75, 3.05) is 13.2 Å². The van der Waals surface area contributed by atoms with Gasteiger partial charge in [-0.15, -0.1) is 0 Å². The number of hydrogen-bond donors (Lipinski definition) is 1. The molecule has 2 aromatic rings. The second-order valence-electron chi connectivity index (χ2n) is 4.87. The van der Waals surface area contributed by atoms with Gasteiger partial charge in [0.25, 0.3) is 5.89 Å². The third-order valence-corrected chi connectivity index (χ3v) is 2.79. The van der Waals surface area contributed by atoms with Gasteiger partial charge in [-0.25, -0.2) is 4.39 Å². The zero-order chi connectivity index (χ0) is 14.6. The highest BCUT2D eigenvalue weighted by atomic mass is 19.1. The predicted octanol–water partition coefficient (Wildman–Crippen LogP) is 2.48. The largest absolute Gasteiger partial charge is 0.379 e. The van der Waals surface area contributed by atoms with Crippen LogP contribution in [0.3, 0.4) is 0 Å². The van der Waals surface area contributed by atoms with E-state index in [1.165, 1.54) is 6.07 Å². The van der Waals surface area contributed by atoms with Crippen LogP contribution in [0.2, 0.25) is 0 Å². The molecular weight excluding hydrogens is 261 g/mol. The van der Waals surface area contributed by atoms with Gasteiger partial charge in [0.05, 0.1) is 12.2 Å². The first-order valence-corrected chi connectivity index (χ1v) is 6.50. The van der Waals surface area contributed by atoms with Gasteiger partial charge in [0.2, 0.25) is 0 Å². The summed E-state index contributed by atoms with van der Waals surface area (Å²) in [5.74, 6) is 0.000722. The molecule has 108 valence electrons. The summed E-state index contributed by atoms with van der Waals surface area (Å²) in [7, 11) is 0. The molecule has 0 bridgehead atoms. The summed E-state index contributed by atoms with van der Waals surface area (Å²) in [5.41, 5.74) is 5.49. The molecule has 0 spiro atoms. The molecule has 1 heterocycles. The van der Waals surface area contributed by atoms with E-state index in [1.54, 1.807) is 25.1 Å². The molecule has 5 nitrogen and oxygen atoms in total. The average Bonchev–Trinajstić information content (AvgIpc) is 2.90. The van der Waals surface area contributed by atoms with E-state index < -0.39 is 11.4 Å². The summed E-state index contributed by atoms with van der Waals surface area (Å²) in [6.45, 7) is 4.65. The Morgan fingerprint density at radius 3 is 2.85 bits per heavy atom. The van der Waals surface area contributed by atoms with Crippen LogP contribution in [0.25, 0.3) is 11.5 Å². The smallest absolute Gasteiger partial charge is 0.260 e. The highest BCUT2D eigenvalue weighted by molar-refractivity contribution is 5.53. The van der Waals surface area contributed by atoms with Crippen LogP contribution in [-0.2, 0) is 10.3 Å². The Balaban J connectivity index is 2.18. The molecule has 0 saturated carbocycles. The van der Waals surface area contributed by atoms with Gasteiger partial charge in [-0.2, -0.15) is 4.98 Å². The number of nitrogens with zero attached hydrogens (tertiary/aromatic N) is 2. The molecule has 2 rings (SSSR count). The summed E-state index contributed by atoms with van der Waals surface area (Å²) in [6.07, 6.45) is 0.906. The zero-order valence-corrected chi connectivity index (χ0v) is 11.6. The van der Waals surface area contributed by atoms with E-state index in [1.807, 2.05) is 6.92 Å². The van der Waals surface area contributed by atoms with Crippen molar-refractivity contribution < 1.29 is 13.7 Å². The molecule has 0 aliphatic carbocycles. The summed E-state index contributed by atoms with van der Waals surface area (Å²) in [6, 6.07) is 6.22. The van der Waals surface area contributed by atoms with Crippen molar-refractivity contribution in [2.45, 2.75) is 25.8 Å². The number of benzene rings is 1. The van der Waals surface area contributed by atoms with Gasteiger partial charge < -0.3 is 15.0 Å². The monoisotopic (exact) mass is 279 g/mol. The van der Waals surface area contributed by atoms with Gasteiger partial charge in [0.1, 0.15) is 11.4 Å². The maximum absolute atomic E-state index is 13.6. The fourth-order valence-electron chi connectivity index (χ4n) is 1.69. The Kier molecular flexibility index (Phi) is 4.46. The molecule has 2 N–H and O–H groups in total. The standard InChI is InChI=1S/C14H18FN3O2/c1-3-8-19-9-14(2,16)13-17-12(20-18-13)10-6-4-5-7-11(10)15/h4-7H,3,8-9,16H2,1-2H3. The van der Waals surface area contributed by atoms with Crippen LogP contribution in [0.5, 0.6) is 0 Å². The minimum absolute atomic E-state index is 0.116. The average molecular weight is 279 g/mol. The van der Waals surface area contributed by atoms with Crippen molar-refractivity contribution in [2.24, 2.45) is 5.73 Å². The second-order valence-corrected chi connectivity index (χ2v) is 4.87. The molecule has 20 heavy (non-hydrogen) atoms. The predicted molar refractivity (Wildman–Crippen MR) is 72.3 cm³/mol. The van der Waals surface area contributed by atoms with E-state index in [-0.39, 0.29) is 18.1 Å². The Bertz CT molecular complexity index is 569. The molecule has 1 atom stereocenters. The Morgan fingerprint density at radius 2 is 2.15 bits per heavy atom. The van der Waals surface area contributed by atoms with Gasteiger partial charge in [-0.1, -0.05) is 24.2 Å². The van der Waals surface area contributed by atoms with E-state index >= 15 is 0 Å². The van der Waals surface area contributed by atoms with Crippen LogP contribution in [0.4, 0.5) is 4.39 Å². The number of halogens is 1. The van der Waals surface area contributed by atoms with E-state index in [0.717, 1.165) is 6.42 Å². The molecule has 0 amide bonds. The van der Waals surface area contributed by atoms with Crippen molar-refractivity contribution in [1.82, 2.24) is 10.1 Å². The number of ether oxygens (including phenoxy) is 1. The first kappa shape index (κ1) is 14.6. The third kappa shape index (κ3) is 3.20. The first-order valence-electron chi connectivity index (χ1n) is 6.50. The molecule has 0 aliphatic heterocycles. The lowest BCUT2D eigenvalue weighted by atomic mass is 10.1. The molecule has 6 heteroatoms. The molecule has 0 radical (unpaired) electrons. The van der Waals surface area contributed by atoms with Crippen LogP contribution < -0.4 is 5.73 Å². The van der Waals surface area contributed by atoms with Crippen molar-refractivity contribution in [3.63, 3.8) is 0 Å². The van der Waals surface area contributed by atoms with Crippen molar-refractivity contribution in [1.29, 1.82) is 0 Å². The summed E-state index contributed by atoms with van der Waals surface area (Å²) < 4.78 is 24.2. The highest BCUT2D eigenvalue weighted by Crippen LogP contribution is 2.23. The normalized spacial score (nSPS) is 14.2. The van der Waals surface area contributed by atoms with Gasteiger partial charge >= 0.3 is 0 Å². The molecule has 1 aromatic carbocycles. The lowest BCUT2D eigenvalue weighted by Gasteiger charge is -2.19. The zero-order valence-electron chi connectivity index (χ0n) is 11.6. The molecule has 1 unspecified atom stereocenters. The van der Waals surface area contributed by atoms with Crippen LogP contribution in [-0.4, -0.2) is 23.4 Å². The van der Waals surface area contributed by atoms with E-state index in [4.69, 9.17) is 15.0 Å². The minimum atomic E-state index is -0.873. The summed E-state index contributed by atoms with van der Waals surface area (Å²) in [4.78, 5) is 4.17. The quantitative estimate of drug-likeness (QED) is 0.822. The van der Waals surface area contributed by atoms with Crippen molar-refractivity contribution >= 4 is 0 Å². The Labute approximate surface area is 116 Å². The lowest BCUT2D eigenvalue weighted by Crippen LogP contribution is -2.39. The lowest BCUT2D eigenvalue weighted by molar-refractivity contribution is 0.0867. The van der Waals surface area contributed by atoms with Gasteiger partial charge in [-0.05, 0) is 25.5 Å². The van der Waals surface area contributed by atoms with Crippen LogP contribution in [0.15, 0.2) is 28.8 Å². The van der Waals surface area contributed by atoms with Crippen molar-refractivity contribution in [3.8, 4) is 11.5 Å². The maximum atomic E-state index is 13.6. The highest BCUT2D eigenvalue weighted by Gasteiger charge is 2.28. The number of aromatic nitrogens is 2. The van der Waals surface area contributed by atoms with E-state index in [9.17, 15) is 4.39 Å². The fourth-order valence-corrected chi connectivity index (χ4v) is 1.69. The molecular formula is C14H18FN3O2. The SMILES string of the molecule is CCCOCC(C)(N)c1noc(-c2ccccc2F)n1. The maximum Gasteiger partial charge on any atom is 0.260 e. The first-order chi connectivity index (χ1) is 9.54. The molecule has 1 aromatic heterocycles. The Morgan fingerprint density at radius 1 is 1.40 bits per heavy atom. The van der Waals surface area contributed by atoms with Gasteiger partial charge in [0.15, 0.2) is 5.82 Å². The molecule has 0 fully saturated rings. The second kappa shape index (κ2) is 6.11. The molecule has 0 aliphatic rings. The number of hydrogen-bond acceptors (Lipinski definition) is 5. The van der Waals surface area contributed by atoms with Crippen LogP contribution in [0, 0.1) is 5.82 Å². The summed E-state index contributed by atoms with van der Waals surface area (Å²) >= 11 is 0. The molecule has 0 saturated heterocycles.